The van der Waals surface area contributed by atoms with Gasteiger partial charge >= 0.3 is 0 Å². The highest BCUT2D eigenvalue weighted by molar-refractivity contribution is 5.93. The molecule has 1 aliphatic carbocycles. The maximum absolute atomic E-state index is 13.9. The summed E-state index contributed by atoms with van der Waals surface area (Å²) in [6.07, 6.45) is 2.24. The molecular weight excluding hydrogens is 362 g/mol. The number of fused-ring (bicyclic) bond motifs is 1. The van der Waals surface area contributed by atoms with Gasteiger partial charge in [0, 0.05) is 50.0 Å². The summed E-state index contributed by atoms with van der Waals surface area (Å²) in [6, 6.07) is 3.94. The van der Waals surface area contributed by atoms with Gasteiger partial charge in [0.25, 0.3) is 5.91 Å². The molecule has 2 aromatic rings. The van der Waals surface area contributed by atoms with Crippen LogP contribution >= 0.6 is 0 Å². The number of carbonyl (C=O) groups excluding carboxylic acids is 1. The molecule has 7 heteroatoms. The standard InChI is InChI=1S/C21H28F2N4O/c1-13(2)12-27-19-9-8-14(10-15(19)20(25-27)21(28)26(3)4)24-11-16-17(22)6-5-7-18(16)23/h5-7,13-14,24H,8-12H2,1-4H3. The predicted molar refractivity (Wildman–Crippen MR) is 104 cm³/mol. The second-order valence-corrected chi connectivity index (χ2v) is 8.07. The second kappa shape index (κ2) is 8.39. The lowest BCUT2D eigenvalue weighted by molar-refractivity contribution is 0.0819. The number of halogens is 2. The van der Waals surface area contributed by atoms with E-state index in [0.29, 0.717) is 18.0 Å². The number of rotatable bonds is 6. The van der Waals surface area contributed by atoms with Crippen LogP contribution in [0.3, 0.4) is 0 Å². The van der Waals surface area contributed by atoms with Crippen molar-refractivity contribution < 1.29 is 13.6 Å². The fourth-order valence-electron chi connectivity index (χ4n) is 3.69. The van der Waals surface area contributed by atoms with Crippen molar-refractivity contribution in [1.82, 2.24) is 20.0 Å². The molecule has 1 N–H and O–H groups in total. The lowest BCUT2D eigenvalue weighted by atomic mass is 9.90. The molecule has 5 nitrogen and oxygen atoms in total. The van der Waals surface area contributed by atoms with E-state index in [4.69, 9.17) is 0 Å². The van der Waals surface area contributed by atoms with Crippen LogP contribution in [0.1, 0.15) is 47.6 Å². The van der Waals surface area contributed by atoms with Crippen LogP contribution in [0.4, 0.5) is 8.78 Å². The quantitative estimate of drug-likeness (QED) is 0.824. The Kier molecular flexibility index (Phi) is 6.13. The van der Waals surface area contributed by atoms with E-state index in [0.717, 1.165) is 30.6 Å². The van der Waals surface area contributed by atoms with Crippen molar-refractivity contribution in [3.05, 3.63) is 52.3 Å². The van der Waals surface area contributed by atoms with Crippen molar-refractivity contribution in [1.29, 1.82) is 0 Å². The normalized spacial score (nSPS) is 16.3. The molecule has 1 aliphatic rings. The molecule has 0 radical (unpaired) electrons. The summed E-state index contributed by atoms with van der Waals surface area (Å²) in [6.45, 7) is 5.13. The molecule has 3 rings (SSSR count). The van der Waals surface area contributed by atoms with Gasteiger partial charge in [-0.3, -0.25) is 9.48 Å². The van der Waals surface area contributed by atoms with E-state index in [1.165, 1.54) is 23.1 Å². The van der Waals surface area contributed by atoms with E-state index in [9.17, 15) is 13.6 Å². The third-order valence-corrected chi connectivity index (χ3v) is 5.12. The predicted octanol–water partition coefficient (Wildman–Crippen LogP) is 3.17. The number of aromatic nitrogens is 2. The molecule has 1 heterocycles. The fourth-order valence-corrected chi connectivity index (χ4v) is 3.69. The Bertz CT molecular complexity index is 840. The summed E-state index contributed by atoms with van der Waals surface area (Å²) >= 11 is 0. The lowest BCUT2D eigenvalue weighted by Crippen LogP contribution is -2.35. The Hall–Kier alpha value is -2.28. The first-order chi connectivity index (χ1) is 13.3. The molecule has 1 unspecified atom stereocenters. The van der Waals surface area contributed by atoms with Crippen LogP contribution in [0.5, 0.6) is 0 Å². The van der Waals surface area contributed by atoms with E-state index < -0.39 is 11.6 Å². The van der Waals surface area contributed by atoms with Crippen LogP contribution in [0.2, 0.25) is 0 Å². The maximum atomic E-state index is 13.9. The molecule has 1 atom stereocenters. The maximum Gasteiger partial charge on any atom is 0.274 e. The van der Waals surface area contributed by atoms with Gasteiger partial charge in [-0.2, -0.15) is 5.10 Å². The number of hydrogen-bond acceptors (Lipinski definition) is 3. The minimum Gasteiger partial charge on any atom is -0.343 e. The number of amides is 1. The van der Waals surface area contributed by atoms with Crippen molar-refractivity contribution in [2.45, 2.75) is 52.2 Å². The highest BCUT2D eigenvalue weighted by Gasteiger charge is 2.30. The topological polar surface area (TPSA) is 50.2 Å². The van der Waals surface area contributed by atoms with E-state index in [1.807, 2.05) is 4.68 Å². The Labute approximate surface area is 164 Å². The van der Waals surface area contributed by atoms with Crippen LogP contribution in [0, 0.1) is 17.6 Å². The van der Waals surface area contributed by atoms with Crippen molar-refractivity contribution in [2.75, 3.05) is 14.1 Å². The molecular formula is C21H28F2N4O. The zero-order valence-electron chi connectivity index (χ0n) is 16.9. The zero-order chi connectivity index (χ0) is 20.4. The summed E-state index contributed by atoms with van der Waals surface area (Å²) in [7, 11) is 3.44. The number of carbonyl (C=O) groups is 1. The molecule has 0 spiro atoms. The first kappa shape index (κ1) is 20.5. The smallest absolute Gasteiger partial charge is 0.274 e. The molecule has 0 fully saturated rings. The van der Waals surface area contributed by atoms with Crippen molar-refractivity contribution >= 4 is 5.91 Å². The van der Waals surface area contributed by atoms with Crippen molar-refractivity contribution in [2.24, 2.45) is 5.92 Å². The first-order valence-corrected chi connectivity index (χ1v) is 9.74. The highest BCUT2D eigenvalue weighted by Crippen LogP contribution is 2.27. The number of benzene rings is 1. The second-order valence-electron chi connectivity index (χ2n) is 8.07. The summed E-state index contributed by atoms with van der Waals surface area (Å²) in [5.41, 5.74) is 2.60. The van der Waals surface area contributed by atoms with Crippen LogP contribution in [-0.2, 0) is 25.9 Å². The van der Waals surface area contributed by atoms with Crippen LogP contribution in [0.25, 0.3) is 0 Å². The number of hydrogen-bond donors (Lipinski definition) is 1. The Balaban J connectivity index is 1.81. The van der Waals surface area contributed by atoms with E-state index in [-0.39, 0.29) is 24.1 Å². The van der Waals surface area contributed by atoms with Crippen molar-refractivity contribution in [3.63, 3.8) is 0 Å². The molecule has 28 heavy (non-hydrogen) atoms. The van der Waals surface area contributed by atoms with E-state index in [2.05, 4.69) is 24.3 Å². The van der Waals surface area contributed by atoms with E-state index >= 15 is 0 Å². The Morgan fingerprint density at radius 2 is 2.00 bits per heavy atom. The van der Waals surface area contributed by atoms with Gasteiger partial charge < -0.3 is 10.2 Å². The monoisotopic (exact) mass is 390 g/mol. The van der Waals surface area contributed by atoms with Gasteiger partial charge in [-0.1, -0.05) is 19.9 Å². The minimum absolute atomic E-state index is 0.0388. The van der Waals surface area contributed by atoms with E-state index in [1.54, 1.807) is 14.1 Å². The average Bonchev–Trinajstić information content (AvgIpc) is 2.97. The van der Waals surface area contributed by atoms with Gasteiger partial charge in [0.1, 0.15) is 11.6 Å². The van der Waals surface area contributed by atoms with Gasteiger partial charge in [-0.15, -0.1) is 0 Å². The average molecular weight is 390 g/mol. The zero-order valence-corrected chi connectivity index (χ0v) is 16.9. The molecule has 1 aromatic heterocycles. The van der Waals surface area contributed by atoms with Crippen LogP contribution in [0.15, 0.2) is 18.2 Å². The third-order valence-electron chi connectivity index (χ3n) is 5.12. The molecule has 1 amide bonds. The lowest BCUT2D eigenvalue weighted by Gasteiger charge is -2.25. The first-order valence-electron chi connectivity index (χ1n) is 9.74. The molecule has 0 saturated heterocycles. The van der Waals surface area contributed by atoms with Gasteiger partial charge in [0.2, 0.25) is 0 Å². The Morgan fingerprint density at radius 1 is 1.32 bits per heavy atom. The van der Waals surface area contributed by atoms with Gasteiger partial charge in [0.15, 0.2) is 5.69 Å². The largest absolute Gasteiger partial charge is 0.343 e. The minimum atomic E-state index is -0.544. The summed E-state index contributed by atoms with van der Waals surface area (Å²) in [4.78, 5) is 14.2. The highest BCUT2D eigenvalue weighted by atomic mass is 19.1. The van der Waals surface area contributed by atoms with Gasteiger partial charge in [0.05, 0.1) is 0 Å². The van der Waals surface area contributed by atoms with Crippen molar-refractivity contribution in [3.8, 4) is 0 Å². The van der Waals surface area contributed by atoms with Gasteiger partial charge in [-0.05, 0) is 37.3 Å². The molecule has 0 saturated carbocycles. The number of nitrogens with zero attached hydrogens (tertiary/aromatic N) is 3. The SMILES string of the molecule is CC(C)Cn1nc(C(=O)N(C)C)c2c1CCC(NCc1c(F)cccc1F)C2. The third kappa shape index (κ3) is 4.24. The Morgan fingerprint density at radius 3 is 2.61 bits per heavy atom. The number of nitrogens with one attached hydrogen (secondary N) is 1. The summed E-state index contributed by atoms with van der Waals surface area (Å²) in [5.74, 6) is -0.778. The summed E-state index contributed by atoms with van der Waals surface area (Å²) < 4.78 is 29.7. The summed E-state index contributed by atoms with van der Waals surface area (Å²) in [5, 5.41) is 7.88. The van der Waals surface area contributed by atoms with Crippen LogP contribution < -0.4 is 5.32 Å². The molecule has 0 bridgehead atoms. The fraction of sp³-hybridized carbons (Fsp3) is 0.524. The molecule has 152 valence electrons. The molecule has 1 aromatic carbocycles. The molecule has 0 aliphatic heterocycles. The van der Waals surface area contributed by atoms with Gasteiger partial charge in [-0.25, -0.2) is 8.78 Å². The van der Waals surface area contributed by atoms with Crippen LogP contribution in [-0.4, -0.2) is 40.7 Å².